The molecular weight excluding hydrogens is 298 g/mol. The van der Waals surface area contributed by atoms with Gasteiger partial charge in [0.15, 0.2) is 0 Å². The molecule has 1 rings (SSSR count). The smallest absolute Gasteiger partial charge is 0.319 e. The van der Waals surface area contributed by atoms with Crippen molar-refractivity contribution >= 4 is 35.2 Å². The summed E-state index contributed by atoms with van der Waals surface area (Å²) in [6.07, 6.45) is 0.694. The van der Waals surface area contributed by atoms with Crippen LogP contribution in [0.1, 0.15) is 19.4 Å². The number of nitrogens with one attached hydrogen (secondary N) is 1. The third-order valence-corrected chi connectivity index (χ3v) is 4.24. The Bertz CT molecular complexity index is 491. The molecule has 1 aromatic carbocycles. The average molecular weight is 316 g/mol. The van der Waals surface area contributed by atoms with E-state index in [9.17, 15) is 9.59 Å². The van der Waals surface area contributed by atoms with Gasteiger partial charge >= 0.3 is 5.97 Å². The van der Waals surface area contributed by atoms with Gasteiger partial charge in [0, 0.05) is 11.6 Å². The highest BCUT2D eigenvalue weighted by molar-refractivity contribution is 8.01. The summed E-state index contributed by atoms with van der Waals surface area (Å²) in [6, 6.07) is 7.47. The standard InChI is InChI=1S/C14H18ClNO3S/c1-14(2,13(18)19)20-9-12(17)16-7-6-10-4-3-5-11(15)8-10/h3-5,8H,6-7,9H2,1-2H3,(H,16,17)(H,18,19). The van der Waals surface area contributed by atoms with Gasteiger partial charge in [0.2, 0.25) is 5.91 Å². The minimum atomic E-state index is -0.954. The van der Waals surface area contributed by atoms with Crippen LogP contribution in [0.5, 0.6) is 0 Å². The molecule has 0 aliphatic carbocycles. The van der Waals surface area contributed by atoms with Crippen LogP contribution in [-0.4, -0.2) is 34.0 Å². The predicted molar refractivity (Wildman–Crippen MR) is 82.3 cm³/mol. The van der Waals surface area contributed by atoms with E-state index in [4.69, 9.17) is 16.7 Å². The Morgan fingerprint density at radius 2 is 2.10 bits per heavy atom. The molecule has 0 bridgehead atoms. The van der Waals surface area contributed by atoms with E-state index < -0.39 is 10.7 Å². The number of carbonyl (C=O) groups is 2. The van der Waals surface area contributed by atoms with Crippen LogP contribution in [0.3, 0.4) is 0 Å². The number of hydrogen-bond acceptors (Lipinski definition) is 3. The molecule has 0 aliphatic heterocycles. The first-order valence-corrected chi connectivity index (χ1v) is 7.56. The van der Waals surface area contributed by atoms with E-state index in [1.54, 1.807) is 19.9 Å². The van der Waals surface area contributed by atoms with E-state index in [0.29, 0.717) is 18.0 Å². The number of carboxylic acids is 1. The third kappa shape index (κ3) is 5.84. The molecule has 0 saturated carbocycles. The van der Waals surface area contributed by atoms with Gasteiger partial charge in [-0.3, -0.25) is 9.59 Å². The Labute approximate surface area is 127 Å². The summed E-state index contributed by atoms with van der Waals surface area (Å²) in [5.41, 5.74) is 1.05. The highest BCUT2D eigenvalue weighted by Gasteiger charge is 2.28. The van der Waals surface area contributed by atoms with E-state index in [1.807, 2.05) is 18.2 Å². The SMILES string of the molecule is CC(C)(SCC(=O)NCCc1cccc(Cl)c1)C(=O)O. The van der Waals surface area contributed by atoms with Crippen molar-refractivity contribution in [1.29, 1.82) is 0 Å². The number of benzene rings is 1. The Hall–Kier alpha value is -1.20. The summed E-state index contributed by atoms with van der Waals surface area (Å²) in [7, 11) is 0. The number of hydrogen-bond donors (Lipinski definition) is 2. The fourth-order valence-corrected chi connectivity index (χ4v) is 2.33. The van der Waals surface area contributed by atoms with Gasteiger partial charge in [-0.15, -0.1) is 11.8 Å². The first kappa shape index (κ1) is 16.9. The first-order valence-electron chi connectivity index (χ1n) is 6.20. The van der Waals surface area contributed by atoms with Gasteiger partial charge in [0.1, 0.15) is 4.75 Å². The van der Waals surface area contributed by atoms with Gasteiger partial charge in [-0.25, -0.2) is 0 Å². The lowest BCUT2D eigenvalue weighted by Crippen LogP contribution is -2.32. The Morgan fingerprint density at radius 1 is 1.40 bits per heavy atom. The molecule has 4 nitrogen and oxygen atoms in total. The maximum atomic E-state index is 11.6. The normalized spacial score (nSPS) is 11.2. The average Bonchev–Trinajstić information content (AvgIpc) is 2.36. The van der Waals surface area contributed by atoms with Gasteiger partial charge in [-0.2, -0.15) is 0 Å². The minimum absolute atomic E-state index is 0.134. The largest absolute Gasteiger partial charge is 0.480 e. The van der Waals surface area contributed by atoms with Gasteiger partial charge in [-0.05, 0) is 38.0 Å². The molecule has 0 unspecified atom stereocenters. The molecular formula is C14H18ClNO3S. The number of carboxylic acid groups (broad SMARTS) is 1. The summed E-state index contributed by atoms with van der Waals surface area (Å²) >= 11 is 6.98. The zero-order valence-corrected chi connectivity index (χ0v) is 13.1. The molecule has 0 saturated heterocycles. The van der Waals surface area contributed by atoms with Gasteiger partial charge in [-0.1, -0.05) is 23.7 Å². The number of aliphatic carboxylic acids is 1. The highest BCUT2D eigenvalue weighted by Crippen LogP contribution is 2.23. The Kier molecular flexibility index (Phi) is 6.36. The van der Waals surface area contributed by atoms with E-state index in [0.717, 1.165) is 17.3 Å². The van der Waals surface area contributed by atoms with Gasteiger partial charge in [0.05, 0.1) is 5.75 Å². The molecule has 0 spiro atoms. The van der Waals surface area contributed by atoms with Crippen LogP contribution >= 0.6 is 23.4 Å². The van der Waals surface area contributed by atoms with Crippen molar-refractivity contribution in [3.05, 3.63) is 34.9 Å². The quantitative estimate of drug-likeness (QED) is 0.811. The van der Waals surface area contributed by atoms with Gasteiger partial charge in [0.25, 0.3) is 0 Å². The van der Waals surface area contributed by atoms with Crippen molar-refractivity contribution < 1.29 is 14.7 Å². The zero-order chi connectivity index (χ0) is 15.2. The Morgan fingerprint density at radius 3 is 2.70 bits per heavy atom. The van der Waals surface area contributed by atoms with E-state index in [1.165, 1.54) is 0 Å². The molecule has 0 aromatic heterocycles. The number of thioether (sulfide) groups is 1. The second-order valence-electron chi connectivity index (χ2n) is 4.83. The molecule has 0 atom stereocenters. The van der Waals surface area contributed by atoms with Crippen LogP contribution in [-0.2, 0) is 16.0 Å². The van der Waals surface area contributed by atoms with Crippen molar-refractivity contribution in [2.75, 3.05) is 12.3 Å². The summed E-state index contributed by atoms with van der Waals surface area (Å²) in [5, 5.41) is 12.4. The number of carbonyl (C=O) groups excluding carboxylic acids is 1. The summed E-state index contributed by atoms with van der Waals surface area (Å²) < 4.78 is -0.954. The van der Waals surface area contributed by atoms with Crippen LogP contribution in [0, 0.1) is 0 Å². The lowest BCUT2D eigenvalue weighted by Gasteiger charge is -2.17. The van der Waals surface area contributed by atoms with Gasteiger partial charge < -0.3 is 10.4 Å². The second-order valence-corrected chi connectivity index (χ2v) is 6.87. The van der Waals surface area contributed by atoms with Crippen LogP contribution in [0.15, 0.2) is 24.3 Å². The number of halogens is 1. The third-order valence-electron chi connectivity index (χ3n) is 2.70. The van der Waals surface area contributed by atoms with Crippen molar-refractivity contribution in [2.24, 2.45) is 0 Å². The lowest BCUT2D eigenvalue weighted by molar-refractivity contribution is -0.138. The zero-order valence-electron chi connectivity index (χ0n) is 11.5. The highest BCUT2D eigenvalue weighted by atomic mass is 35.5. The van der Waals surface area contributed by atoms with E-state index in [2.05, 4.69) is 5.32 Å². The van der Waals surface area contributed by atoms with E-state index >= 15 is 0 Å². The molecule has 0 radical (unpaired) electrons. The molecule has 0 aliphatic rings. The predicted octanol–water partition coefficient (Wildman–Crippen LogP) is 2.60. The Balaban J connectivity index is 2.29. The summed E-state index contributed by atoms with van der Waals surface area (Å²) in [5.74, 6) is -0.949. The maximum Gasteiger partial charge on any atom is 0.319 e. The fraction of sp³-hybridized carbons (Fsp3) is 0.429. The lowest BCUT2D eigenvalue weighted by atomic mass is 10.1. The van der Waals surface area contributed by atoms with Crippen LogP contribution in [0.2, 0.25) is 5.02 Å². The molecule has 20 heavy (non-hydrogen) atoms. The first-order chi connectivity index (χ1) is 9.31. The van der Waals surface area contributed by atoms with Crippen LogP contribution < -0.4 is 5.32 Å². The molecule has 110 valence electrons. The summed E-state index contributed by atoms with van der Waals surface area (Å²) in [4.78, 5) is 22.5. The van der Waals surface area contributed by atoms with Crippen molar-refractivity contribution in [2.45, 2.75) is 25.0 Å². The molecule has 0 heterocycles. The maximum absolute atomic E-state index is 11.6. The fourth-order valence-electron chi connectivity index (χ4n) is 1.40. The molecule has 6 heteroatoms. The van der Waals surface area contributed by atoms with Crippen molar-refractivity contribution in [1.82, 2.24) is 5.32 Å². The van der Waals surface area contributed by atoms with Crippen molar-refractivity contribution in [3.8, 4) is 0 Å². The molecule has 0 fully saturated rings. The van der Waals surface area contributed by atoms with Crippen molar-refractivity contribution in [3.63, 3.8) is 0 Å². The summed E-state index contributed by atoms with van der Waals surface area (Å²) in [6.45, 7) is 3.67. The number of rotatable bonds is 7. The monoisotopic (exact) mass is 315 g/mol. The van der Waals surface area contributed by atoms with Crippen LogP contribution in [0.25, 0.3) is 0 Å². The molecule has 1 aromatic rings. The van der Waals surface area contributed by atoms with E-state index in [-0.39, 0.29) is 11.7 Å². The second kappa shape index (κ2) is 7.55. The molecule has 1 amide bonds. The minimum Gasteiger partial charge on any atom is -0.480 e. The number of amides is 1. The van der Waals surface area contributed by atoms with Crippen LogP contribution in [0.4, 0.5) is 0 Å². The topological polar surface area (TPSA) is 66.4 Å². The molecule has 2 N–H and O–H groups in total.